The number of anilines is 1. The molecule has 2 heterocycles. The van der Waals surface area contributed by atoms with E-state index in [1.54, 1.807) is 25.9 Å². The van der Waals surface area contributed by atoms with Crippen molar-refractivity contribution < 1.29 is 22.7 Å². The summed E-state index contributed by atoms with van der Waals surface area (Å²) in [7, 11) is 3.32. The molecule has 3 rings (SSSR count). The van der Waals surface area contributed by atoms with Crippen LogP contribution in [-0.4, -0.2) is 39.0 Å². The Balaban J connectivity index is 2.18. The van der Waals surface area contributed by atoms with E-state index in [-0.39, 0.29) is 28.2 Å². The molecule has 0 aliphatic heterocycles. The molecule has 0 saturated carbocycles. The molecule has 0 radical (unpaired) electrons. The third-order valence-electron chi connectivity index (χ3n) is 4.34. The summed E-state index contributed by atoms with van der Waals surface area (Å²) in [5.41, 5.74) is -1.49. The van der Waals surface area contributed by atoms with Crippen molar-refractivity contribution in [2.24, 2.45) is 0 Å². The van der Waals surface area contributed by atoms with Crippen molar-refractivity contribution in [1.82, 2.24) is 19.7 Å². The number of hydrogen-bond donors (Lipinski definition) is 2. The normalized spacial score (nSPS) is 13.1. The largest absolute Gasteiger partial charge is 0.419 e. The molecule has 3 aromatic rings. The third-order valence-corrected chi connectivity index (χ3v) is 4.34. The van der Waals surface area contributed by atoms with Gasteiger partial charge in [-0.2, -0.15) is 23.3 Å². The lowest BCUT2D eigenvalue weighted by Crippen LogP contribution is -2.20. The predicted molar refractivity (Wildman–Crippen MR) is 93.6 cm³/mol. The summed E-state index contributed by atoms with van der Waals surface area (Å²) >= 11 is 0. The van der Waals surface area contributed by atoms with E-state index in [9.17, 15) is 27.5 Å². The van der Waals surface area contributed by atoms with Gasteiger partial charge in [0.05, 0.1) is 18.2 Å². The summed E-state index contributed by atoms with van der Waals surface area (Å²) < 4.78 is 53.6. The molecule has 0 unspecified atom stereocenters. The number of nitrogens with zero attached hydrogens (tertiary/aromatic N) is 4. The lowest BCUT2D eigenvalue weighted by molar-refractivity contribution is -0.140. The van der Waals surface area contributed by atoms with Crippen molar-refractivity contribution in [1.29, 1.82) is 0 Å². The van der Waals surface area contributed by atoms with Gasteiger partial charge in [0.25, 0.3) is 5.56 Å². The van der Waals surface area contributed by atoms with Crippen molar-refractivity contribution in [3.8, 4) is 0 Å². The molecule has 0 aliphatic rings. The number of fused-ring (bicyclic) bond motifs is 1. The van der Waals surface area contributed by atoms with E-state index >= 15 is 0 Å². The van der Waals surface area contributed by atoms with Crippen LogP contribution in [-0.2, 0) is 12.8 Å². The highest BCUT2D eigenvalue weighted by molar-refractivity contribution is 5.78. The van der Waals surface area contributed by atoms with Gasteiger partial charge in [-0.3, -0.25) is 9.78 Å². The van der Waals surface area contributed by atoms with Gasteiger partial charge in [-0.1, -0.05) is 6.07 Å². The first-order valence-corrected chi connectivity index (χ1v) is 8.20. The number of hydrogen-bond acceptors (Lipinski definition) is 5. The van der Waals surface area contributed by atoms with E-state index in [0.717, 1.165) is 12.1 Å². The molecule has 0 bridgehead atoms. The second kappa shape index (κ2) is 6.89. The number of aliphatic hydroxyl groups is 1. The lowest BCUT2D eigenvalue weighted by Gasteiger charge is -2.16. The number of halogens is 4. The van der Waals surface area contributed by atoms with Gasteiger partial charge in [0.1, 0.15) is 16.9 Å². The Bertz CT molecular complexity index is 1090. The van der Waals surface area contributed by atoms with Crippen molar-refractivity contribution in [2.75, 3.05) is 19.0 Å². The highest BCUT2D eigenvalue weighted by atomic mass is 19.4. The summed E-state index contributed by atoms with van der Waals surface area (Å²) in [6.07, 6.45) is -4.80. The highest BCUT2D eigenvalue weighted by Gasteiger charge is 2.34. The molecule has 2 N–H and O–H groups in total. The fourth-order valence-electron chi connectivity index (χ4n) is 2.86. The quantitative estimate of drug-likeness (QED) is 0.658. The Hall–Kier alpha value is -2.95. The van der Waals surface area contributed by atoms with Gasteiger partial charge in [-0.25, -0.2) is 9.07 Å². The molecule has 0 fully saturated rings. The van der Waals surface area contributed by atoms with E-state index < -0.39 is 35.8 Å². The van der Waals surface area contributed by atoms with Crippen LogP contribution in [0, 0.1) is 5.82 Å². The van der Waals surface area contributed by atoms with E-state index in [1.807, 2.05) is 0 Å². The molecule has 0 spiro atoms. The second-order valence-electron chi connectivity index (χ2n) is 6.44. The summed E-state index contributed by atoms with van der Waals surface area (Å²) in [6.45, 7) is 1.04. The van der Waals surface area contributed by atoms with Crippen molar-refractivity contribution in [3.05, 3.63) is 51.2 Å². The molecule has 1 aromatic carbocycles. The van der Waals surface area contributed by atoms with Gasteiger partial charge in [-0.15, -0.1) is 0 Å². The molecule has 150 valence electrons. The molecule has 0 saturated heterocycles. The average molecular weight is 399 g/mol. The Labute approximate surface area is 156 Å². The average Bonchev–Trinajstić information content (AvgIpc) is 2.99. The fraction of sp³-hybridized carbons (Fsp3) is 0.353. The molecule has 1 atom stereocenters. The van der Waals surface area contributed by atoms with E-state index in [2.05, 4.69) is 15.1 Å². The standard InChI is InChI=1S/C17H17F4N5O2/c1-8(9-4-5-10(11(18)6-9)17(19,20)21)26-14-13(12(7-27)24-26)15(28)23-16(22-14)25(2)3/h4-6,8,27H,7H2,1-3H3,(H,22,23,28)/t8-/m0/s1. The van der Waals surface area contributed by atoms with Crippen molar-refractivity contribution in [2.45, 2.75) is 25.7 Å². The molecule has 2 aromatic heterocycles. The van der Waals surface area contributed by atoms with Crippen molar-refractivity contribution in [3.63, 3.8) is 0 Å². The number of alkyl halides is 3. The van der Waals surface area contributed by atoms with Crippen LogP contribution in [0.5, 0.6) is 0 Å². The summed E-state index contributed by atoms with van der Waals surface area (Å²) in [5, 5.41) is 13.8. The van der Waals surface area contributed by atoms with Gasteiger partial charge >= 0.3 is 6.18 Å². The van der Waals surface area contributed by atoms with Crippen LogP contribution in [0.25, 0.3) is 11.0 Å². The van der Waals surface area contributed by atoms with Crippen LogP contribution in [0.3, 0.4) is 0 Å². The Morgan fingerprint density at radius 3 is 2.54 bits per heavy atom. The molecule has 0 aliphatic carbocycles. The Morgan fingerprint density at radius 2 is 2.00 bits per heavy atom. The second-order valence-corrected chi connectivity index (χ2v) is 6.44. The van der Waals surface area contributed by atoms with E-state index in [4.69, 9.17) is 0 Å². The zero-order chi connectivity index (χ0) is 20.8. The van der Waals surface area contributed by atoms with Gasteiger partial charge in [0.15, 0.2) is 5.65 Å². The van der Waals surface area contributed by atoms with Crippen LogP contribution >= 0.6 is 0 Å². The molecule has 28 heavy (non-hydrogen) atoms. The lowest BCUT2D eigenvalue weighted by atomic mass is 10.1. The van der Waals surface area contributed by atoms with Crippen LogP contribution in [0.4, 0.5) is 23.5 Å². The molecular formula is C17H17F4N5O2. The summed E-state index contributed by atoms with van der Waals surface area (Å²) in [6, 6.07) is 1.83. The number of H-pyrrole nitrogens is 1. The fourth-order valence-corrected chi connectivity index (χ4v) is 2.86. The first-order chi connectivity index (χ1) is 13.0. The highest BCUT2D eigenvalue weighted by Crippen LogP contribution is 2.33. The number of rotatable bonds is 4. The topological polar surface area (TPSA) is 87.0 Å². The van der Waals surface area contributed by atoms with Crippen LogP contribution in [0.2, 0.25) is 0 Å². The van der Waals surface area contributed by atoms with Gasteiger partial charge in [0.2, 0.25) is 5.95 Å². The zero-order valence-electron chi connectivity index (χ0n) is 15.2. The Morgan fingerprint density at radius 1 is 1.32 bits per heavy atom. The first-order valence-electron chi connectivity index (χ1n) is 8.20. The summed E-state index contributed by atoms with van der Waals surface area (Å²) in [5.74, 6) is -1.18. The maximum atomic E-state index is 14.0. The predicted octanol–water partition coefficient (Wildman–Crippen LogP) is 2.45. The van der Waals surface area contributed by atoms with E-state index in [0.29, 0.717) is 6.07 Å². The third kappa shape index (κ3) is 3.33. The maximum Gasteiger partial charge on any atom is 0.419 e. The first kappa shape index (κ1) is 19.8. The number of aromatic nitrogens is 4. The molecule has 0 amide bonds. The number of benzene rings is 1. The number of nitrogens with one attached hydrogen (secondary N) is 1. The minimum absolute atomic E-state index is 0.0623. The molecule has 7 nitrogen and oxygen atoms in total. The minimum Gasteiger partial charge on any atom is -0.390 e. The van der Waals surface area contributed by atoms with Gasteiger partial charge < -0.3 is 10.0 Å². The smallest absolute Gasteiger partial charge is 0.390 e. The van der Waals surface area contributed by atoms with Crippen LogP contribution < -0.4 is 10.5 Å². The molecular weight excluding hydrogens is 382 g/mol. The minimum atomic E-state index is -4.80. The number of aromatic amines is 1. The van der Waals surface area contributed by atoms with Gasteiger partial charge in [0, 0.05) is 14.1 Å². The van der Waals surface area contributed by atoms with Crippen molar-refractivity contribution >= 4 is 17.0 Å². The zero-order valence-corrected chi connectivity index (χ0v) is 15.2. The monoisotopic (exact) mass is 399 g/mol. The van der Waals surface area contributed by atoms with Crippen LogP contribution in [0.15, 0.2) is 23.0 Å². The van der Waals surface area contributed by atoms with Crippen LogP contribution in [0.1, 0.15) is 29.8 Å². The van der Waals surface area contributed by atoms with Gasteiger partial charge in [-0.05, 0) is 24.6 Å². The number of aliphatic hydroxyl groups excluding tert-OH is 1. The SMILES string of the molecule is C[C@@H](c1ccc(C(F)(F)F)c(F)c1)n1nc(CO)c2c(=O)[nH]c(N(C)C)nc21. The summed E-state index contributed by atoms with van der Waals surface area (Å²) in [4.78, 5) is 20.8. The maximum absolute atomic E-state index is 14.0. The molecule has 11 heteroatoms. The van der Waals surface area contributed by atoms with E-state index in [1.165, 1.54) is 4.68 Å². The Kier molecular flexibility index (Phi) is 4.88.